The summed E-state index contributed by atoms with van der Waals surface area (Å²) in [6.45, 7) is 5.71. The van der Waals surface area contributed by atoms with Gasteiger partial charge in [-0.3, -0.25) is 0 Å². The maximum atomic E-state index is 3.66. The fourth-order valence-electron chi connectivity index (χ4n) is 2.06. The molecule has 1 aromatic carbocycles. The summed E-state index contributed by atoms with van der Waals surface area (Å²) in [6, 6.07) is 9.39. The maximum absolute atomic E-state index is 3.66. The highest BCUT2D eigenvalue weighted by Gasteiger charge is 2.24. The summed E-state index contributed by atoms with van der Waals surface area (Å²) >= 11 is 3.66. The average Bonchev–Trinajstić information content (AvgIpc) is 3.04. The Morgan fingerprint density at radius 1 is 1.31 bits per heavy atom. The molecule has 2 heteroatoms. The fraction of sp³-hybridized carbons (Fsp3) is 0.571. The second-order valence-electron chi connectivity index (χ2n) is 5.05. The van der Waals surface area contributed by atoms with Crippen molar-refractivity contribution in [2.75, 3.05) is 6.54 Å². The van der Waals surface area contributed by atoms with E-state index in [9.17, 15) is 0 Å². The molecule has 1 fully saturated rings. The summed E-state index contributed by atoms with van der Waals surface area (Å²) in [4.78, 5) is 0. The highest BCUT2D eigenvalue weighted by Crippen LogP contribution is 2.31. The molecular formula is C14H20BrN. The topological polar surface area (TPSA) is 12.0 Å². The highest BCUT2D eigenvalue weighted by molar-refractivity contribution is 9.10. The van der Waals surface area contributed by atoms with Crippen LogP contribution in [0.3, 0.4) is 0 Å². The summed E-state index contributed by atoms with van der Waals surface area (Å²) < 4.78 is 1.24. The molecule has 1 aromatic rings. The van der Waals surface area contributed by atoms with E-state index in [0.717, 1.165) is 12.6 Å². The molecule has 0 radical (unpaired) electrons. The van der Waals surface area contributed by atoms with Gasteiger partial charge in [-0.25, -0.2) is 0 Å². The van der Waals surface area contributed by atoms with E-state index in [2.05, 4.69) is 59.4 Å². The van der Waals surface area contributed by atoms with Crippen molar-refractivity contribution in [2.45, 2.75) is 38.6 Å². The van der Waals surface area contributed by atoms with Crippen LogP contribution < -0.4 is 5.32 Å². The number of rotatable bonds is 5. The van der Waals surface area contributed by atoms with Gasteiger partial charge >= 0.3 is 0 Å². The molecule has 16 heavy (non-hydrogen) atoms. The van der Waals surface area contributed by atoms with Crippen molar-refractivity contribution < 1.29 is 0 Å². The van der Waals surface area contributed by atoms with E-state index < -0.39 is 0 Å². The Labute approximate surface area is 107 Å². The van der Waals surface area contributed by atoms with Crippen LogP contribution in [0.5, 0.6) is 0 Å². The highest BCUT2D eigenvalue weighted by atomic mass is 79.9. The van der Waals surface area contributed by atoms with Crippen LogP contribution in [-0.4, -0.2) is 12.6 Å². The van der Waals surface area contributed by atoms with Crippen molar-refractivity contribution in [3.8, 4) is 0 Å². The lowest BCUT2D eigenvalue weighted by atomic mass is 9.88. The van der Waals surface area contributed by atoms with Crippen molar-refractivity contribution >= 4 is 15.9 Å². The molecule has 0 saturated heterocycles. The first-order valence-corrected chi connectivity index (χ1v) is 6.95. The monoisotopic (exact) mass is 281 g/mol. The van der Waals surface area contributed by atoms with Gasteiger partial charge in [-0.15, -0.1) is 0 Å². The Morgan fingerprint density at radius 2 is 2.00 bits per heavy atom. The Hall–Kier alpha value is -0.340. The molecule has 2 rings (SSSR count). The third-order valence-electron chi connectivity index (χ3n) is 3.31. The summed E-state index contributed by atoms with van der Waals surface area (Å²) in [7, 11) is 0. The minimum Gasteiger partial charge on any atom is -0.313 e. The van der Waals surface area contributed by atoms with E-state index in [4.69, 9.17) is 0 Å². The summed E-state index contributed by atoms with van der Waals surface area (Å²) in [6.07, 6.45) is 2.72. The third-order valence-corrected chi connectivity index (χ3v) is 4.04. The van der Waals surface area contributed by atoms with Gasteiger partial charge in [-0.2, -0.15) is 0 Å². The first-order chi connectivity index (χ1) is 7.68. The molecule has 1 nitrogen and oxygen atoms in total. The molecule has 1 atom stereocenters. The first kappa shape index (κ1) is 12.1. The largest absolute Gasteiger partial charge is 0.313 e. The quantitative estimate of drug-likeness (QED) is 0.862. The molecule has 1 saturated carbocycles. The molecule has 1 N–H and O–H groups in total. The molecule has 1 unspecified atom stereocenters. The fourth-order valence-corrected chi connectivity index (χ4v) is 2.64. The molecule has 0 aliphatic heterocycles. The lowest BCUT2D eigenvalue weighted by molar-refractivity contribution is 0.459. The van der Waals surface area contributed by atoms with Crippen molar-refractivity contribution in [1.29, 1.82) is 0 Å². The summed E-state index contributed by atoms with van der Waals surface area (Å²) in [5.74, 6) is 1.28. The number of nitrogens with one attached hydrogen (secondary N) is 1. The van der Waals surface area contributed by atoms with Gasteiger partial charge in [0.15, 0.2) is 0 Å². The molecular weight excluding hydrogens is 262 g/mol. The van der Waals surface area contributed by atoms with Crippen molar-refractivity contribution in [2.24, 2.45) is 5.92 Å². The molecule has 0 heterocycles. The minimum absolute atomic E-state index is 0.608. The van der Waals surface area contributed by atoms with E-state index in [1.54, 1.807) is 0 Å². The van der Waals surface area contributed by atoms with E-state index in [-0.39, 0.29) is 0 Å². The Kier molecular flexibility index (Phi) is 4.04. The number of hydrogen-bond acceptors (Lipinski definition) is 1. The molecule has 0 aromatic heterocycles. The Bertz CT molecular complexity index is 344. The standard InChI is InChI=1S/C14H20BrN/c1-10(2)13(9-16-11-7-8-11)12-5-3-4-6-14(12)15/h3-6,10-11,13,16H,7-9H2,1-2H3. The first-order valence-electron chi connectivity index (χ1n) is 6.16. The molecule has 88 valence electrons. The minimum atomic E-state index is 0.608. The number of benzene rings is 1. The van der Waals surface area contributed by atoms with Gasteiger partial charge in [0.1, 0.15) is 0 Å². The predicted molar refractivity (Wildman–Crippen MR) is 72.7 cm³/mol. The second kappa shape index (κ2) is 5.33. The lowest BCUT2D eigenvalue weighted by Crippen LogP contribution is -2.26. The normalized spacial score (nSPS) is 17.8. The molecule has 1 aliphatic rings. The van der Waals surface area contributed by atoms with Gasteiger partial charge in [-0.1, -0.05) is 48.0 Å². The van der Waals surface area contributed by atoms with Gasteiger partial charge < -0.3 is 5.32 Å². The van der Waals surface area contributed by atoms with Crippen LogP contribution in [0.15, 0.2) is 28.7 Å². The van der Waals surface area contributed by atoms with Gasteiger partial charge in [0, 0.05) is 17.1 Å². The van der Waals surface area contributed by atoms with E-state index >= 15 is 0 Å². The predicted octanol–water partition coefficient (Wildman–Crippen LogP) is 3.94. The van der Waals surface area contributed by atoms with Gasteiger partial charge in [0.25, 0.3) is 0 Å². The molecule has 1 aliphatic carbocycles. The van der Waals surface area contributed by atoms with E-state index in [0.29, 0.717) is 11.8 Å². The van der Waals surface area contributed by atoms with Crippen LogP contribution in [0.2, 0.25) is 0 Å². The molecule has 0 bridgehead atoms. The Morgan fingerprint density at radius 3 is 2.56 bits per heavy atom. The van der Waals surface area contributed by atoms with Crippen molar-refractivity contribution in [3.63, 3.8) is 0 Å². The smallest absolute Gasteiger partial charge is 0.0210 e. The third kappa shape index (κ3) is 3.08. The van der Waals surface area contributed by atoms with Crippen LogP contribution in [0.4, 0.5) is 0 Å². The van der Waals surface area contributed by atoms with Gasteiger partial charge in [-0.05, 0) is 36.3 Å². The second-order valence-corrected chi connectivity index (χ2v) is 5.91. The van der Waals surface area contributed by atoms with Crippen LogP contribution in [0, 0.1) is 5.92 Å². The SMILES string of the molecule is CC(C)C(CNC1CC1)c1ccccc1Br. The summed E-state index contributed by atoms with van der Waals surface area (Å²) in [5, 5.41) is 3.64. The van der Waals surface area contributed by atoms with E-state index in [1.165, 1.54) is 22.9 Å². The van der Waals surface area contributed by atoms with Crippen molar-refractivity contribution in [1.82, 2.24) is 5.32 Å². The number of hydrogen-bond donors (Lipinski definition) is 1. The number of halogens is 1. The van der Waals surface area contributed by atoms with Gasteiger partial charge in [0.05, 0.1) is 0 Å². The van der Waals surface area contributed by atoms with Gasteiger partial charge in [0.2, 0.25) is 0 Å². The zero-order chi connectivity index (χ0) is 11.5. The zero-order valence-corrected chi connectivity index (χ0v) is 11.6. The average molecular weight is 282 g/mol. The lowest BCUT2D eigenvalue weighted by Gasteiger charge is -2.23. The maximum Gasteiger partial charge on any atom is 0.0210 e. The van der Waals surface area contributed by atoms with Crippen LogP contribution in [0.25, 0.3) is 0 Å². The van der Waals surface area contributed by atoms with E-state index in [1.807, 2.05) is 0 Å². The zero-order valence-electron chi connectivity index (χ0n) is 10.0. The summed E-state index contributed by atoms with van der Waals surface area (Å²) in [5.41, 5.74) is 1.44. The van der Waals surface area contributed by atoms with Crippen LogP contribution in [0.1, 0.15) is 38.2 Å². The van der Waals surface area contributed by atoms with Crippen LogP contribution >= 0.6 is 15.9 Å². The molecule has 0 amide bonds. The van der Waals surface area contributed by atoms with Crippen LogP contribution in [-0.2, 0) is 0 Å². The van der Waals surface area contributed by atoms with Crippen molar-refractivity contribution in [3.05, 3.63) is 34.3 Å². The Balaban J connectivity index is 2.08. The molecule has 0 spiro atoms.